The molecule has 0 bridgehead atoms. The summed E-state index contributed by atoms with van der Waals surface area (Å²) in [7, 11) is 0. The molecule has 1 aromatic carbocycles. The topological polar surface area (TPSA) is 102 Å². The summed E-state index contributed by atoms with van der Waals surface area (Å²) in [5.74, 6) is -3.97. The molecular formula is C20H30O7. The largest absolute Gasteiger partial charge is 0.478 e. The lowest BCUT2D eigenvalue weighted by molar-refractivity contribution is -0.384. The third-order valence-electron chi connectivity index (χ3n) is 4.09. The molecule has 0 heterocycles. The fourth-order valence-corrected chi connectivity index (χ4v) is 2.62. The summed E-state index contributed by atoms with van der Waals surface area (Å²) in [4.78, 5) is 23.0. The van der Waals surface area contributed by atoms with Crippen LogP contribution in [0.1, 0.15) is 85.8 Å². The lowest BCUT2D eigenvalue weighted by Gasteiger charge is -2.33. The van der Waals surface area contributed by atoms with Crippen molar-refractivity contribution in [3.63, 3.8) is 0 Å². The molecule has 0 radical (unpaired) electrons. The maximum absolute atomic E-state index is 11.7. The quantitative estimate of drug-likeness (QED) is 0.383. The van der Waals surface area contributed by atoms with Gasteiger partial charge in [-0.05, 0) is 31.4 Å². The fraction of sp³-hybridized carbons (Fsp3) is 0.600. The smallest absolute Gasteiger partial charge is 0.336 e. The summed E-state index contributed by atoms with van der Waals surface area (Å²) in [6.45, 7) is 8.26. The van der Waals surface area contributed by atoms with Crippen LogP contribution in [0.25, 0.3) is 0 Å². The number of hydrogen-bond acceptors (Lipinski definition) is 5. The molecule has 27 heavy (non-hydrogen) atoms. The highest BCUT2D eigenvalue weighted by Crippen LogP contribution is 2.30. The van der Waals surface area contributed by atoms with E-state index in [-0.39, 0.29) is 16.7 Å². The van der Waals surface area contributed by atoms with Crippen LogP contribution in [0.15, 0.2) is 18.2 Å². The highest BCUT2D eigenvalue weighted by molar-refractivity contribution is 6.02. The molecule has 152 valence electrons. The van der Waals surface area contributed by atoms with Gasteiger partial charge < -0.3 is 24.4 Å². The van der Waals surface area contributed by atoms with E-state index in [1.807, 2.05) is 13.8 Å². The van der Waals surface area contributed by atoms with Crippen LogP contribution in [0.3, 0.4) is 0 Å². The minimum absolute atomic E-state index is 0.256. The van der Waals surface area contributed by atoms with E-state index in [1.54, 1.807) is 19.9 Å². The Morgan fingerprint density at radius 3 is 2.04 bits per heavy atom. The molecule has 1 atom stereocenters. The number of carboxylic acid groups (broad SMARTS) is 2. The number of ether oxygens (including phenoxy) is 3. The molecule has 0 amide bonds. The molecule has 0 spiro atoms. The summed E-state index contributed by atoms with van der Waals surface area (Å²) in [5, 5.41) is 18.8. The van der Waals surface area contributed by atoms with Crippen molar-refractivity contribution >= 4 is 11.9 Å². The van der Waals surface area contributed by atoms with E-state index in [1.165, 1.54) is 12.1 Å². The first-order valence-corrected chi connectivity index (χ1v) is 9.31. The molecule has 0 fully saturated rings. The van der Waals surface area contributed by atoms with Gasteiger partial charge in [0.1, 0.15) is 0 Å². The van der Waals surface area contributed by atoms with Crippen molar-refractivity contribution in [3.8, 4) is 0 Å². The number of hydrogen-bond donors (Lipinski definition) is 2. The van der Waals surface area contributed by atoms with Gasteiger partial charge in [0.05, 0.1) is 30.4 Å². The predicted octanol–water partition coefficient (Wildman–Crippen LogP) is 4.47. The van der Waals surface area contributed by atoms with Crippen molar-refractivity contribution in [2.24, 2.45) is 0 Å². The van der Waals surface area contributed by atoms with Gasteiger partial charge in [-0.25, -0.2) is 9.59 Å². The van der Waals surface area contributed by atoms with E-state index in [2.05, 4.69) is 0 Å². The van der Waals surface area contributed by atoms with E-state index in [0.717, 1.165) is 25.7 Å². The zero-order chi connectivity index (χ0) is 20.4. The molecule has 1 rings (SSSR count). The van der Waals surface area contributed by atoms with Crippen molar-refractivity contribution in [2.45, 2.75) is 65.5 Å². The van der Waals surface area contributed by atoms with Crippen LogP contribution in [0.5, 0.6) is 0 Å². The van der Waals surface area contributed by atoms with Gasteiger partial charge in [0.15, 0.2) is 0 Å². The van der Waals surface area contributed by atoms with Crippen LogP contribution in [0, 0.1) is 0 Å². The summed E-state index contributed by atoms with van der Waals surface area (Å²) < 4.78 is 17.5. The van der Waals surface area contributed by atoms with E-state index in [9.17, 15) is 19.8 Å². The van der Waals surface area contributed by atoms with Gasteiger partial charge in [0.25, 0.3) is 5.97 Å². The molecule has 0 aromatic heterocycles. The average molecular weight is 382 g/mol. The monoisotopic (exact) mass is 382 g/mol. The standard InChI is InChI=1S/C20H30O7/c1-5-7-12-25-20(4,26-13-8-6-2)27-14(3)15-10-9-11-16(18(21)22)17(15)19(23)24/h9-11,14H,5-8,12-13H2,1-4H3,(H,21,22)(H,23,24). The normalized spacial score (nSPS) is 12.7. The number of rotatable bonds is 13. The lowest BCUT2D eigenvalue weighted by atomic mass is 9.97. The van der Waals surface area contributed by atoms with Crippen molar-refractivity contribution < 1.29 is 34.0 Å². The van der Waals surface area contributed by atoms with Gasteiger partial charge >= 0.3 is 11.9 Å². The Balaban J connectivity index is 3.09. The summed E-state index contributed by atoms with van der Waals surface area (Å²) in [6.07, 6.45) is 2.82. The molecular weight excluding hydrogens is 352 g/mol. The fourth-order valence-electron chi connectivity index (χ4n) is 2.62. The number of carboxylic acids is 2. The van der Waals surface area contributed by atoms with Gasteiger partial charge in [-0.3, -0.25) is 0 Å². The molecule has 0 aliphatic heterocycles. The van der Waals surface area contributed by atoms with Gasteiger partial charge in [-0.2, -0.15) is 0 Å². The third-order valence-corrected chi connectivity index (χ3v) is 4.09. The first-order chi connectivity index (χ1) is 12.8. The molecule has 2 N–H and O–H groups in total. The summed E-state index contributed by atoms with van der Waals surface area (Å²) in [6, 6.07) is 4.30. The van der Waals surface area contributed by atoms with Crippen molar-refractivity contribution in [1.82, 2.24) is 0 Å². The SMILES string of the molecule is CCCCOC(C)(OCCCC)OC(C)c1cccc(C(=O)O)c1C(=O)O. The third kappa shape index (κ3) is 6.93. The van der Waals surface area contributed by atoms with Gasteiger partial charge in [-0.1, -0.05) is 38.8 Å². The maximum Gasteiger partial charge on any atom is 0.336 e. The first-order valence-electron chi connectivity index (χ1n) is 9.31. The number of carbonyl (C=O) groups is 2. The number of aromatic carboxylic acids is 2. The Morgan fingerprint density at radius 1 is 1.04 bits per heavy atom. The van der Waals surface area contributed by atoms with Crippen LogP contribution in [-0.2, 0) is 14.2 Å². The predicted molar refractivity (Wildman–Crippen MR) is 100.0 cm³/mol. The average Bonchev–Trinajstić information content (AvgIpc) is 2.61. The Labute approximate surface area is 160 Å². The molecule has 0 saturated heterocycles. The number of unbranched alkanes of at least 4 members (excludes halogenated alkanes) is 2. The minimum atomic E-state index is -1.35. The Kier molecular flexibility index (Phi) is 9.41. The molecule has 0 aliphatic carbocycles. The number of benzene rings is 1. The molecule has 1 unspecified atom stereocenters. The first kappa shape index (κ1) is 23.1. The van der Waals surface area contributed by atoms with Gasteiger partial charge in [0.2, 0.25) is 0 Å². The van der Waals surface area contributed by atoms with E-state index < -0.39 is 24.0 Å². The van der Waals surface area contributed by atoms with E-state index >= 15 is 0 Å². The molecule has 7 nitrogen and oxygen atoms in total. The van der Waals surface area contributed by atoms with Gasteiger partial charge in [-0.15, -0.1) is 0 Å². The van der Waals surface area contributed by atoms with Crippen LogP contribution < -0.4 is 0 Å². The van der Waals surface area contributed by atoms with Crippen molar-refractivity contribution in [3.05, 3.63) is 34.9 Å². The Morgan fingerprint density at radius 2 is 1.59 bits per heavy atom. The summed E-state index contributed by atoms with van der Waals surface area (Å²) >= 11 is 0. The molecule has 0 aliphatic rings. The van der Waals surface area contributed by atoms with Crippen LogP contribution in [0.4, 0.5) is 0 Å². The van der Waals surface area contributed by atoms with Crippen LogP contribution in [0.2, 0.25) is 0 Å². The molecule has 1 aromatic rings. The Bertz CT molecular complexity index is 617. The second-order valence-electron chi connectivity index (χ2n) is 6.41. The van der Waals surface area contributed by atoms with Crippen LogP contribution >= 0.6 is 0 Å². The van der Waals surface area contributed by atoms with E-state index in [4.69, 9.17) is 14.2 Å². The second kappa shape index (κ2) is 11.0. The van der Waals surface area contributed by atoms with Crippen molar-refractivity contribution in [2.75, 3.05) is 13.2 Å². The summed E-state index contributed by atoms with van der Waals surface area (Å²) in [5.41, 5.74) is -0.315. The lowest BCUT2D eigenvalue weighted by Crippen LogP contribution is -2.37. The van der Waals surface area contributed by atoms with Crippen molar-refractivity contribution in [1.29, 1.82) is 0 Å². The minimum Gasteiger partial charge on any atom is -0.478 e. The van der Waals surface area contributed by atoms with Crippen LogP contribution in [-0.4, -0.2) is 41.3 Å². The highest BCUT2D eigenvalue weighted by Gasteiger charge is 2.32. The zero-order valence-electron chi connectivity index (χ0n) is 16.5. The second-order valence-corrected chi connectivity index (χ2v) is 6.41. The van der Waals surface area contributed by atoms with E-state index in [0.29, 0.717) is 13.2 Å². The maximum atomic E-state index is 11.7. The molecule has 7 heteroatoms. The highest BCUT2D eigenvalue weighted by atomic mass is 16.9. The Hall–Kier alpha value is -1.96. The zero-order valence-corrected chi connectivity index (χ0v) is 16.5. The van der Waals surface area contributed by atoms with Gasteiger partial charge in [0, 0.05) is 6.92 Å². The molecule has 0 saturated carbocycles.